The lowest BCUT2D eigenvalue weighted by Crippen LogP contribution is -2.49. The summed E-state index contributed by atoms with van der Waals surface area (Å²) < 4.78 is 11.5. The maximum atomic E-state index is 11.7. The van der Waals surface area contributed by atoms with Crippen molar-refractivity contribution in [2.24, 2.45) is 0 Å². The lowest BCUT2D eigenvalue weighted by Gasteiger charge is -2.27. The predicted octanol–water partition coefficient (Wildman–Crippen LogP) is -2.84. The molecule has 1 aliphatic rings. The van der Waals surface area contributed by atoms with Gasteiger partial charge in [-0.05, 0) is 0 Å². The number of aromatic nitrogens is 2. The van der Waals surface area contributed by atoms with Crippen LogP contribution in [0.2, 0.25) is 0 Å². The van der Waals surface area contributed by atoms with E-state index in [0.29, 0.717) is 0 Å². The van der Waals surface area contributed by atoms with Crippen molar-refractivity contribution >= 4 is 0 Å². The molecular formula is C11H16N2O7. The van der Waals surface area contributed by atoms with Gasteiger partial charge < -0.3 is 24.8 Å². The van der Waals surface area contributed by atoms with Crippen molar-refractivity contribution in [3.05, 3.63) is 33.1 Å². The summed E-state index contributed by atoms with van der Waals surface area (Å²) in [6, 6.07) is 1.11. The minimum absolute atomic E-state index is 0.575. The Morgan fingerprint density at radius 1 is 1.45 bits per heavy atom. The van der Waals surface area contributed by atoms with E-state index in [1.54, 1.807) is 0 Å². The molecule has 1 aromatic rings. The number of ether oxygens (including phenoxy) is 2. The summed E-state index contributed by atoms with van der Waals surface area (Å²) in [5.41, 5.74) is -2.96. The number of hydrogen-bond donors (Lipinski definition) is 4. The Morgan fingerprint density at radius 2 is 2.10 bits per heavy atom. The first-order valence-corrected chi connectivity index (χ1v) is 5.91. The van der Waals surface area contributed by atoms with Gasteiger partial charge in [-0.3, -0.25) is 14.3 Å². The van der Waals surface area contributed by atoms with E-state index < -0.39 is 48.5 Å². The Morgan fingerprint density at radius 3 is 2.60 bits per heavy atom. The SMILES string of the molecule is COC1C(O)C(CO)(CO)O[C@H]1n1ccc(=O)[nH]c1=O. The summed E-state index contributed by atoms with van der Waals surface area (Å²) in [7, 11) is 1.30. The molecule has 112 valence electrons. The van der Waals surface area contributed by atoms with Crippen LogP contribution >= 0.6 is 0 Å². The molecule has 2 heterocycles. The van der Waals surface area contributed by atoms with Gasteiger partial charge in [0.2, 0.25) is 0 Å². The number of rotatable bonds is 4. The van der Waals surface area contributed by atoms with Gasteiger partial charge in [-0.25, -0.2) is 4.79 Å². The Bertz CT molecular complexity index is 577. The number of nitrogens with one attached hydrogen (secondary N) is 1. The summed E-state index contributed by atoms with van der Waals surface area (Å²) in [4.78, 5) is 24.8. The maximum absolute atomic E-state index is 11.7. The number of H-pyrrole nitrogens is 1. The summed E-state index contributed by atoms with van der Waals surface area (Å²) >= 11 is 0. The molecule has 2 unspecified atom stereocenters. The van der Waals surface area contributed by atoms with Crippen LogP contribution in [0, 0.1) is 0 Å². The second-order valence-electron chi connectivity index (χ2n) is 4.55. The van der Waals surface area contributed by atoms with E-state index in [-0.39, 0.29) is 0 Å². The summed E-state index contributed by atoms with van der Waals surface area (Å²) in [6.45, 7) is -1.31. The Labute approximate surface area is 113 Å². The second-order valence-corrected chi connectivity index (χ2v) is 4.55. The van der Waals surface area contributed by atoms with Crippen LogP contribution in [0.15, 0.2) is 21.9 Å². The van der Waals surface area contributed by atoms with Crippen molar-refractivity contribution in [2.45, 2.75) is 24.0 Å². The van der Waals surface area contributed by atoms with Crippen LogP contribution in [-0.2, 0) is 9.47 Å². The van der Waals surface area contributed by atoms with Crippen molar-refractivity contribution in [1.82, 2.24) is 9.55 Å². The molecule has 0 amide bonds. The summed E-state index contributed by atoms with van der Waals surface area (Å²) in [6.07, 6.45) is -2.22. The average molecular weight is 288 g/mol. The topological polar surface area (TPSA) is 134 Å². The smallest absolute Gasteiger partial charge is 0.330 e. The number of aliphatic hydroxyl groups is 3. The van der Waals surface area contributed by atoms with Gasteiger partial charge in [0.1, 0.15) is 17.8 Å². The van der Waals surface area contributed by atoms with Crippen LogP contribution in [0.25, 0.3) is 0 Å². The second kappa shape index (κ2) is 5.46. The zero-order chi connectivity index (χ0) is 14.9. The molecule has 1 aliphatic heterocycles. The number of methoxy groups -OCH3 is 1. The Hall–Kier alpha value is -1.52. The normalized spacial score (nSPS) is 28.7. The van der Waals surface area contributed by atoms with Gasteiger partial charge in [0.15, 0.2) is 6.23 Å². The molecule has 9 heteroatoms. The van der Waals surface area contributed by atoms with E-state index in [1.807, 2.05) is 4.98 Å². The molecule has 2 rings (SSSR count). The maximum Gasteiger partial charge on any atom is 0.330 e. The number of aromatic amines is 1. The molecule has 0 aromatic carbocycles. The average Bonchev–Trinajstić information content (AvgIpc) is 2.71. The van der Waals surface area contributed by atoms with Gasteiger partial charge >= 0.3 is 5.69 Å². The third-order valence-electron chi connectivity index (χ3n) is 3.42. The highest BCUT2D eigenvalue weighted by Gasteiger charge is 2.55. The largest absolute Gasteiger partial charge is 0.393 e. The third-order valence-corrected chi connectivity index (χ3v) is 3.42. The fourth-order valence-corrected chi connectivity index (χ4v) is 2.23. The molecule has 0 radical (unpaired) electrons. The van der Waals surface area contributed by atoms with Gasteiger partial charge in [0, 0.05) is 19.4 Å². The molecular weight excluding hydrogens is 272 g/mol. The number of nitrogens with zero attached hydrogens (tertiary/aromatic N) is 1. The lowest BCUT2D eigenvalue weighted by molar-refractivity contribution is -0.150. The van der Waals surface area contributed by atoms with Gasteiger partial charge in [-0.15, -0.1) is 0 Å². The fraction of sp³-hybridized carbons (Fsp3) is 0.636. The lowest BCUT2D eigenvalue weighted by atomic mass is 9.97. The van der Waals surface area contributed by atoms with Crippen LogP contribution in [0.4, 0.5) is 0 Å². The fourth-order valence-electron chi connectivity index (χ4n) is 2.23. The molecule has 4 N–H and O–H groups in total. The molecule has 0 saturated carbocycles. The summed E-state index contributed by atoms with van der Waals surface area (Å²) in [5.74, 6) is 0. The number of hydrogen-bond acceptors (Lipinski definition) is 7. The molecule has 20 heavy (non-hydrogen) atoms. The van der Waals surface area contributed by atoms with Crippen LogP contribution in [0.5, 0.6) is 0 Å². The highest BCUT2D eigenvalue weighted by atomic mass is 16.6. The first kappa shape index (κ1) is 14.9. The van der Waals surface area contributed by atoms with E-state index in [0.717, 1.165) is 10.6 Å². The molecule has 0 aliphatic carbocycles. The van der Waals surface area contributed by atoms with Crippen LogP contribution in [-0.4, -0.2) is 63.0 Å². The van der Waals surface area contributed by atoms with Crippen molar-refractivity contribution in [3.63, 3.8) is 0 Å². The first-order chi connectivity index (χ1) is 9.49. The van der Waals surface area contributed by atoms with Crippen molar-refractivity contribution in [1.29, 1.82) is 0 Å². The van der Waals surface area contributed by atoms with E-state index in [9.17, 15) is 24.9 Å². The minimum atomic E-state index is -1.64. The Balaban J connectivity index is 2.46. The van der Waals surface area contributed by atoms with Crippen molar-refractivity contribution in [3.8, 4) is 0 Å². The molecule has 1 saturated heterocycles. The van der Waals surface area contributed by atoms with Gasteiger partial charge in [0.05, 0.1) is 13.2 Å². The standard InChI is InChI=1S/C11H16N2O7/c1-19-7-8(17)11(4-14,5-15)20-9(7)13-3-2-6(16)12-10(13)18/h2-3,7-9,14-15,17H,4-5H2,1H3,(H,12,16,18)/t7?,8?,9-/m1/s1. The number of aliphatic hydroxyl groups excluding tert-OH is 3. The molecule has 1 fully saturated rings. The molecule has 1 aromatic heterocycles. The monoisotopic (exact) mass is 288 g/mol. The van der Waals surface area contributed by atoms with Gasteiger partial charge in [0.25, 0.3) is 5.56 Å². The minimum Gasteiger partial charge on any atom is -0.393 e. The Kier molecular flexibility index (Phi) is 4.06. The first-order valence-electron chi connectivity index (χ1n) is 5.91. The van der Waals surface area contributed by atoms with Crippen LogP contribution in [0.3, 0.4) is 0 Å². The highest BCUT2D eigenvalue weighted by Crippen LogP contribution is 2.37. The zero-order valence-corrected chi connectivity index (χ0v) is 10.7. The van der Waals surface area contributed by atoms with Gasteiger partial charge in [-0.1, -0.05) is 0 Å². The highest BCUT2D eigenvalue weighted by molar-refractivity contribution is 5.02. The predicted molar refractivity (Wildman–Crippen MR) is 65.2 cm³/mol. The van der Waals surface area contributed by atoms with Crippen LogP contribution < -0.4 is 11.2 Å². The van der Waals surface area contributed by atoms with Gasteiger partial charge in [-0.2, -0.15) is 0 Å². The molecule has 0 spiro atoms. The molecule has 0 bridgehead atoms. The summed E-state index contributed by atoms with van der Waals surface area (Å²) in [5, 5.41) is 28.8. The molecule has 9 nitrogen and oxygen atoms in total. The molecule has 3 atom stereocenters. The van der Waals surface area contributed by atoms with E-state index in [2.05, 4.69) is 0 Å². The van der Waals surface area contributed by atoms with Crippen molar-refractivity contribution < 1.29 is 24.8 Å². The van der Waals surface area contributed by atoms with Crippen molar-refractivity contribution in [2.75, 3.05) is 20.3 Å². The van der Waals surface area contributed by atoms with E-state index >= 15 is 0 Å². The third kappa shape index (κ3) is 2.19. The zero-order valence-electron chi connectivity index (χ0n) is 10.7. The van der Waals surface area contributed by atoms with Crippen LogP contribution in [0.1, 0.15) is 6.23 Å². The van der Waals surface area contributed by atoms with E-state index in [4.69, 9.17) is 9.47 Å². The quantitative estimate of drug-likeness (QED) is 0.469. The van der Waals surface area contributed by atoms with E-state index in [1.165, 1.54) is 13.3 Å².